The molecule has 0 spiro atoms. The number of imidazole rings is 1. The summed E-state index contributed by atoms with van der Waals surface area (Å²) in [7, 11) is 0. The Balaban J connectivity index is 2.23. The van der Waals surface area contributed by atoms with E-state index < -0.39 is 0 Å². The highest BCUT2D eigenvalue weighted by Crippen LogP contribution is 2.29. The molecule has 21 heavy (non-hydrogen) atoms. The molecule has 0 saturated heterocycles. The number of rotatable bonds is 4. The van der Waals surface area contributed by atoms with E-state index in [0.29, 0.717) is 11.4 Å². The Morgan fingerprint density at radius 3 is 2.76 bits per heavy atom. The maximum atomic E-state index is 5.81. The fourth-order valence-electron chi connectivity index (χ4n) is 2.31. The Kier molecular flexibility index (Phi) is 4.30. The van der Waals surface area contributed by atoms with Gasteiger partial charge in [0.25, 0.3) is 0 Å². The molecule has 0 aliphatic rings. The lowest BCUT2D eigenvalue weighted by molar-refractivity contribution is 0.320. The van der Waals surface area contributed by atoms with Crippen LogP contribution in [0.25, 0.3) is 16.7 Å². The van der Waals surface area contributed by atoms with Crippen LogP contribution in [0.1, 0.15) is 13.3 Å². The summed E-state index contributed by atoms with van der Waals surface area (Å²) in [6.07, 6.45) is 0.981. The minimum Gasteiger partial charge on any atom is -0.491 e. The van der Waals surface area contributed by atoms with Gasteiger partial charge in [0.2, 0.25) is 0 Å². The van der Waals surface area contributed by atoms with Gasteiger partial charge in [-0.25, -0.2) is 0 Å². The summed E-state index contributed by atoms with van der Waals surface area (Å²) in [4.78, 5) is 3.28. The van der Waals surface area contributed by atoms with E-state index in [1.165, 1.54) is 0 Å². The summed E-state index contributed by atoms with van der Waals surface area (Å²) in [6.45, 7) is 2.80. The smallest absolute Gasteiger partial charge is 0.182 e. The molecule has 1 N–H and O–H groups in total. The lowest BCUT2D eigenvalue weighted by Gasteiger charge is -2.08. The van der Waals surface area contributed by atoms with E-state index in [1.807, 2.05) is 24.3 Å². The number of nitrogens with zero attached hydrogens (tertiary/aromatic N) is 1. The highest BCUT2D eigenvalue weighted by molar-refractivity contribution is 14.1. The number of nitrogens with one attached hydrogen (secondary N) is 1. The monoisotopic (exact) mass is 410 g/mol. The summed E-state index contributed by atoms with van der Waals surface area (Å²) >= 11 is 7.85. The molecule has 108 valence electrons. The third-order valence-electron chi connectivity index (χ3n) is 3.24. The van der Waals surface area contributed by atoms with Crippen molar-refractivity contribution < 1.29 is 4.74 Å². The maximum absolute atomic E-state index is 5.81. The van der Waals surface area contributed by atoms with Gasteiger partial charge in [0.15, 0.2) is 4.77 Å². The number of hydrogen-bond donors (Lipinski definition) is 1. The van der Waals surface area contributed by atoms with Crippen LogP contribution >= 0.6 is 34.8 Å². The van der Waals surface area contributed by atoms with Gasteiger partial charge in [-0.2, -0.15) is 0 Å². The Bertz CT molecular complexity index is 838. The molecule has 0 atom stereocenters. The molecule has 0 aliphatic carbocycles. The van der Waals surface area contributed by atoms with Gasteiger partial charge in [-0.3, -0.25) is 4.57 Å². The van der Waals surface area contributed by atoms with Gasteiger partial charge in [-0.1, -0.05) is 25.1 Å². The summed E-state index contributed by atoms with van der Waals surface area (Å²) in [5.74, 6) is 0.852. The van der Waals surface area contributed by atoms with Crippen molar-refractivity contribution in [3.05, 3.63) is 50.8 Å². The number of halogens is 1. The summed E-state index contributed by atoms with van der Waals surface area (Å²) in [6, 6.07) is 14.2. The first kappa shape index (κ1) is 14.6. The number of ether oxygens (including phenoxy) is 1. The molecule has 0 amide bonds. The average Bonchev–Trinajstić information content (AvgIpc) is 2.82. The molecule has 0 saturated carbocycles. The van der Waals surface area contributed by atoms with Gasteiger partial charge in [0, 0.05) is 3.57 Å². The predicted octanol–water partition coefficient (Wildman–Crippen LogP) is 5.08. The van der Waals surface area contributed by atoms with Crippen molar-refractivity contribution in [3.63, 3.8) is 0 Å². The van der Waals surface area contributed by atoms with Crippen molar-refractivity contribution in [3.8, 4) is 11.4 Å². The van der Waals surface area contributed by atoms with Crippen LogP contribution in [-0.4, -0.2) is 16.2 Å². The molecule has 0 aliphatic heterocycles. The number of aromatic amines is 1. The fourth-order valence-corrected chi connectivity index (χ4v) is 3.24. The molecule has 0 fully saturated rings. The molecule has 0 unspecified atom stereocenters. The molecular formula is C16H15IN2OS. The third kappa shape index (κ3) is 2.72. The zero-order valence-corrected chi connectivity index (χ0v) is 14.6. The number of hydrogen-bond acceptors (Lipinski definition) is 2. The van der Waals surface area contributed by atoms with E-state index in [0.717, 1.165) is 32.5 Å². The Morgan fingerprint density at radius 2 is 2.00 bits per heavy atom. The van der Waals surface area contributed by atoms with E-state index in [2.05, 4.69) is 57.3 Å². The van der Waals surface area contributed by atoms with Gasteiger partial charge in [-0.15, -0.1) is 0 Å². The van der Waals surface area contributed by atoms with Crippen molar-refractivity contribution in [1.29, 1.82) is 0 Å². The zero-order valence-electron chi connectivity index (χ0n) is 11.6. The van der Waals surface area contributed by atoms with E-state index in [9.17, 15) is 0 Å². The number of H-pyrrole nitrogens is 1. The Morgan fingerprint density at radius 1 is 1.19 bits per heavy atom. The number of para-hydroxylation sites is 2. The van der Waals surface area contributed by atoms with Gasteiger partial charge < -0.3 is 9.72 Å². The topological polar surface area (TPSA) is 29.9 Å². The SMILES string of the molecule is CCCOc1cccc2c1[nH]c(=S)n2-c1ccccc1I. The average molecular weight is 410 g/mol. The lowest BCUT2D eigenvalue weighted by atomic mass is 10.2. The molecule has 3 nitrogen and oxygen atoms in total. The van der Waals surface area contributed by atoms with Crippen molar-refractivity contribution in [1.82, 2.24) is 9.55 Å². The van der Waals surface area contributed by atoms with E-state index in [-0.39, 0.29) is 0 Å². The molecular weight excluding hydrogens is 395 g/mol. The summed E-state index contributed by atoms with van der Waals surface area (Å²) in [5.41, 5.74) is 3.08. The summed E-state index contributed by atoms with van der Waals surface area (Å²) < 4.78 is 9.71. The minimum atomic E-state index is 0.682. The van der Waals surface area contributed by atoms with Gasteiger partial charge in [-0.05, 0) is 65.5 Å². The third-order valence-corrected chi connectivity index (χ3v) is 4.43. The van der Waals surface area contributed by atoms with Crippen molar-refractivity contribution in [2.24, 2.45) is 0 Å². The predicted molar refractivity (Wildman–Crippen MR) is 97.0 cm³/mol. The first-order chi connectivity index (χ1) is 10.2. The van der Waals surface area contributed by atoms with Crippen LogP contribution in [0.15, 0.2) is 42.5 Å². The second-order valence-electron chi connectivity index (χ2n) is 4.72. The van der Waals surface area contributed by atoms with Crippen LogP contribution in [0.2, 0.25) is 0 Å². The second kappa shape index (κ2) is 6.19. The van der Waals surface area contributed by atoms with Gasteiger partial charge >= 0.3 is 0 Å². The van der Waals surface area contributed by atoms with Crippen molar-refractivity contribution >= 4 is 45.8 Å². The van der Waals surface area contributed by atoms with Crippen molar-refractivity contribution in [2.45, 2.75) is 13.3 Å². The molecule has 2 aromatic carbocycles. The number of benzene rings is 2. The number of aromatic nitrogens is 2. The van der Waals surface area contributed by atoms with Crippen LogP contribution in [-0.2, 0) is 0 Å². The Hall–Kier alpha value is -1.34. The standard InChI is InChI=1S/C16H15IN2OS/c1-2-10-20-14-9-5-8-13-15(14)18-16(21)19(13)12-7-4-3-6-11(12)17/h3-9H,2,10H2,1H3,(H,18,21). The van der Waals surface area contributed by atoms with Crippen LogP contribution in [0, 0.1) is 8.34 Å². The highest BCUT2D eigenvalue weighted by Gasteiger charge is 2.12. The van der Waals surface area contributed by atoms with Crippen LogP contribution in [0.3, 0.4) is 0 Å². The van der Waals surface area contributed by atoms with Crippen LogP contribution < -0.4 is 4.74 Å². The first-order valence-electron chi connectivity index (χ1n) is 6.84. The lowest BCUT2D eigenvalue weighted by Crippen LogP contribution is -1.97. The maximum Gasteiger partial charge on any atom is 0.182 e. The molecule has 3 aromatic rings. The van der Waals surface area contributed by atoms with Gasteiger partial charge in [0.1, 0.15) is 11.3 Å². The molecule has 1 aromatic heterocycles. The molecule has 0 radical (unpaired) electrons. The zero-order chi connectivity index (χ0) is 14.8. The second-order valence-corrected chi connectivity index (χ2v) is 6.26. The number of fused-ring (bicyclic) bond motifs is 1. The van der Waals surface area contributed by atoms with Crippen LogP contribution in [0.5, 0.6) is 5.75 Å². The van der Waals surface area contributed by atoms with Crippen molar-refractivity contribution in [2.75, 3.05) is 6.61 Å². The molecule has 0 bridgehead atoms. The Labute approximate surface area is 142 Å². The quantitative estimate of drug-likeness (QED) is 0.480. The fraction of sp³-hybridized carbons (Fsp3) is 0.188. The van der Waals surface area contributed by atoms with E-state index in [4.69, 9.17) is 17.0 Å². The molecule has 3 rings (SSSR count). The molecule has 5 heteroatoms. The van der Waals surface area contributed by atoms with Crippen LogP contribution in [0.4, 0.5) is 0 Å². The largest absolute Gasteiger partial charge is 0.491 e. The normalized spacial score (nSPS) is 11.0. The van der Waals surface area contributed by atoms with E-state index in [1.54, 1.807) is 0 Å². The summed E-state index contributed by atoms with van der Waals surface area (Å²) in [5, 5.41) is 0. The van der Waals surface area contributed by atoms with Gasteiger partial charge in [0.05, 0.1) is 17.8 Å². The minimum absolute atomic E-state index is 0.682. The molecule has 1 heterocycles. The van der Waals surface area contributed by atoms with E-state index >= 15 is 0 Å². The first-order valence-corrected chi connectivity index (χ1v) is 8.32. The highest BCUT2D eigenvalue weighted by atomic mass is 127.